The number of nitrogens with two attached hydrogens (primary N) is 2. The zero-order valence-corrected chi connectivity index (χ0v) is 8.05. The second kappa shape index (κ2) is 4.48. The standard InChI is InChI=1S/C7H13N3O2S/c8-5(3-6(9)11)7(12)10-1-2-13-4-10/h5H,1-4,8H2,(H2,9,11). The number of thioether (sulfide) groups is 1. The Morgan fingerprint density at radius 2 is 2.23 bits per heavy atom. The molecular weight excluding hydrogens is 190 g/mol. The third-order valence-corrected chi connectivity index (χ3v) is 2.77. The molecule has 0 saturated carbocycles. The van der Waals surface area contributed by atoms with Crippen molar-refractivity contribution in [2.45, 2.75) is 12.5 Å². The van der Waals surface area contributed by atoms with Crippen LogP contribution in [0.5, 0.6) is 0 Å². The average molecular weight is 203 g/mol. The molecule has 1 aliphatic heterocycles. The first-order valence-electron chi connectivity index (χ1n) is 4.01. The monoisotopic (exact) mass is 203 g/mol. The lowest BCUT2D eigenvalue weighted by Crippen LogP contribution is -2.44. The van der Waals surface area contributed by atoms with Gasteiger partial charge in [-0.25, -0.2) is 0 Å². The SMILES string of the molecule is NC(=O)CC(N)C(=O)N1CCSC1. The minimum Gasteiger partial charge on any atom is -0.370 e. The first kappa shape index (κ1) is 10.3. The molecule has 0 aromatic heterocycles. The van der Waals surface area contributed by atoms with Crippen LogP contribution in [0.2, 0.25) is 0 Å². The molecule has 6 heteroatoms. The third kappa shape index (κ3) is 2.89. The van der Waals surface area contributed by atoms with Crippen LogP contribution in [0.1, 0.15) is 6.42 Å². The molecule has 1 saturated heterocycles. The molecule has 1 fully saturated rings. The Bertz CT molecular complexity index is 216. The fourth-order valence-electron chi connectivity index (χ4n) is 1.13. The Morgan fingerprint density at radius 1 is 1.54 bits per heavy atom. The minimum atomic E-state index is -0.767. The van der Waals surface area contributed by atoms with Gasteiger partial charge in [-0.1, -0.05) is 0 Å². The van der Waals surface area contributed by atoms with Crippen LogP contribution in [0.25, 0.3) is 0 Å². The van der Waals surface area contributed by atoms with Gasteiger partial charge in [-0.3, -0.25) is 9.59 Å². The molecule has 13 heavy (non-hydrogen) atoms. The number of hydrogen-bond acceptors (Lipinski definition) is 4. The number of carbonyl (C=O) groups is 2. The Labute approximate surface area is 80.8 Å². The van der Waals surface area contributed by atoms with Crippen molar-refractivity contribution in [2.75, 3.05) is 18.2 Å². The Balaban J connectivity index is 2.41. The largest absolute Gasteiger partial charge is 0.370 e. The molecule has 0 bridgehead atoms. The van der Waals surface area contributed by atoms with Gasteiger partial charge >= 0.3 is 0 Å². The van der Waals surface area contributed by atoms with Gasteiger partial charge in [-0.05, 0) is 0 Å². The van der Waals surface area contributed by atoms with E-state index in [1.807, 2.05) is 0 Å². The van der Waals surface area contributed by atoms with E-state index in [9.17, 15) is 9.59 Å². The van der Waals surface area contributed by atoms with Crippen molar-refractivity contribution >= 4 is 23.6 Å². The van der Waals surface area contributed by atoms with Crippen LogP contribution in [0.4, 0.5) is 0 Å². The molecule has 4 N–H and O–H groups in total. The molecule has 0 aliphatic carbocycles. The molecule has 5 nitrogen and oxygen atoms in total. The Morgan fingerprint density at radius 3 is 2.69 bits per heavy atom. The van der Waals surface area contributed by atoms with Crippen molar-refractivity contribution in [3.05, 3.63) is 0 Å². The van der Waals surface area contributed by atoms with Crippen LogP contribution in [0, 0.1) is 0 Å². The molecule has 0 spiro atoms. The summed E-state index contributed by atoms with van der Waals surface area (Å²) in [7, 11) is 0. The lowest BCUT2D eigenvalue weighted by Gasteiger charge is -2.18. The highest BCUT2D eigenvalue weighted by Gasteiger charge is 2.24. The zero-order chi connectivity index (χ0) is 9.84. The summed E-state index contributed by atoms with van der Waals surface area (Å²) in [5.74, 6) is 0.900. The van der Waals surface area contributed by atoms with E-state index < -0.39 is 11.9 Å². The quantitative estimate of drug-likeness (QED) is 0.598. The number of carbonyl (C=O) groups excluding carboxylic acids is 2. The van der Waals surface area contributed by atoms with Crippen LogP contribution in [0.3, 0.4) is 0 Å². The van der Waals surface area contributed by atoms with Gasteiger partial charge in [-0.15, -0.1) is 11.8 Å². The lowest BCUT2D eigenvalue weighted by molar-refractivity contribution is -0.133. The van der Waals surface area contributed by atoms with Gasteiger partial charge < -0.3 is 16.4 Å². The fraction of sp³-hybridized carbons (Fsp3) is 0.714. The van der Waals surface area contributed by atoms with Gasteiger partial charge in [0.1, 0.15) is 0 Å². The molecule has 74 valence electrons. The van der Waals surface area contributed by atoms with E-state index in [0.717, 1.165) is 12.3 Å². The summed E-state index contributed by atoms with van der Waals surface area (Å²) in [5, 5.41) is 0. The summed E-state index contributed by atoms with van der Waals surface area (Å²) < 4.78 is 0. The maximum atomic E-state index is 11.5. The summed E-state index contributed by atoms with van der Waals surface area (Å²) in [6.07, 6.45) is -0.0694. The van der Waals surface area contributed by atoms with Crippen molar-refractivity contribution in [1.29, 1.82) is 0 Å². The van der Waals surface area contributed by atoms with Gasteiger partial charge in [0.25, 0.3) is 0 Å². The van der Waals surface area contributed by atoms with Crippen LogP contribution < -0.4 is 11.5 Å². The van der Waals surface area contributed by atoms with Gasteiger partial charge in [0, 0.05) is 12.3 Å². The second-order valence-electron chi connectivity index (χ2n) is 2.92. The molecular formula is C7H13N3O2S. The maximum Gasteiger partial charge on any atom is 0.240 e. The van der Waals surface area contributed by atoms with Crippen LogP contribution in [-0.2, 0) is 9.59 Å². The Hall–Kier alpha value is -0.750. The first-order chi connectivity index (χ1) is 6.11. The Kier molecular flexibility index (Phi) is 3.56. The van der Waals surface area contributed by atoms with Crippen LogP contribution in [0.15, 0.2) is 0 Å². The van der Waals surface area contributed by atoms with Gasteiger partial charge in [0.05, 0.1) is 18.3 Å². The molecule has 1 heterocycles. The van der Waals surface area contributed by atoms with Crippen molar-refractivity contribution in [2.24, 2.45) is 11.5 Å². The summed E-state index contributed by atoms with van der Waals surface area (Å²) in [6, 6.07) is -0.767. The van der Waals surface area contributed by atoms with Gasteiger partial charge in [0.2, 0.25) is 11.8 Å². The predicted octanol–water partition coefficient (Wildman–Crippen LogP) is -1.28. The topological polar surface area (TPSA) is 89.4 Å². The average Bonchev–Trinajstić information content (AvgIpc) is 2.53. The number of rotatable bonds is 3. The molecule has 0 aromatic carbocycles. The molecule has 0 aromatic rings. The van der Waals surface area contributed by atoms with Crippen LogP contribution >= 0.6 is 11.8 Å². The zero-order valence-electron chi connectivity index (χ0n) is 7.23. The van der Waals surface area contributed by atoms with Gasteiger partial charge in [0.15, 0.2) is 0 Å². The summed E-state index contributed by atoms with van der Waals surface area (Å²) in [4.78, 5) is 23.6. The highest BCUT2D eigenvalue weighted by molar-refractivity contribution is 7.99. The smallest absolute Gasteiger partial charge is 0.240 e. The van der Waals surface area contributed by atoms with Crippen molar-refractivity contribution in [3.8, 4) is 0 Å². The summed E-state index contributed by atoms with van der Waals surface area (Å²) >= 11 is 1.68. The number of hydrogen-bond donors (Lipinski definition) is 2. The van der Waals surface area contributed by atoms with E-state index in [0.29, 0.717) is 5.88 Å². The number of primary amides is 1. The maximum absolute atomic E-state index is 11.5. The lowest BCUT2D eigenvalue weighted by atomic mass is 10.2. The minimum absolute atomic E-state index is 0.0694. The third-order valence-electron chi connectivity index (χ3n) is 1.80. The molecule has 1 rings (SSSR count). The number of nitrogens with zero attached hydrogens (tertiary/aromatic N) is 1. The summed E-state index contributed by atoms with van der Waals surface area (Å²) in [5.41, 5.74) is 10.4. The predicted molar refractivity (Wildman–Crippen MR) is 50.8 cm³/mol. The molecule has 1 atom stereocenters. The van der Waals surface area contributed by atoms with E-state index in [2.05, 4.69) is 0 Å². The summed E-state index contributed by atoms with van der Waals surface area (Å²) in [6.45, 7) is 0.718. The van der Waals surface area contributed by atoms with E-state index >= 15 is 0 Å². The van der Waals surface area contributed by atoms with E-state index in [1.165, 1.54) is 0 Å². The highest BCUT2D eigenvalue weighted by atomic mass is 32.2. The van der Waals surface area contributed by atoms with Crippen molar-refractivity contribution in [1.82, 2.24) is 4.90 Å². The molecule has 1 aliphatic rings. The highest BCUT2D eigenvalue weighted by Crippen LogP contribution is 2.14. The normalized spacial score (nSPS) is 18.7. The van der Waals surface area contributed by atoms with E-state index in [4.69, 9.17) is 11.5 Å². The van der Waals surface area contributed by atoms with Crippen molar-refractivity contribution in [3.63, 3.8) is 0 Å². The fourth-order valence-corrected chi connectivity index (χ4v) is 2.08. The van der Waals surface area contributed by atoms with Gasteiger partial charge in [-0.2, -0.15) is 0 Å². The van der Waals surface area contributed by atoms with Crippen molar-refractivity contribution < 1.29 is 9.59 Å². The number of amides is 2. The molecule has 1 unspecified atom stereocenters. The molecule has 2 amide bonds. The second-order valence-corrected chi connectivity index (χ2v) is 3.99. The first-order valence-corrected chi connectivity index (χ1v) is 5.17. The van der Waals surface area contributed by atoms with E-state index in [1.54, 1.807) is 16.7 Å². The van der Waals surface area contributed by atoms with E-state index in [-0.39, 0.29) is 12.3 Å². The van der Waals surface area contributed by atoms with Crippen LogP contribution in [-0.4, -0.2) is 40.9 Å². The molecule has 0 radical (unpaired) electrons.